The maximum atomic E-state index is 12.6. The van der Waals surface area contributed by atoms with Crippen molar-refractivity contribution < 1.29 is 19.1 Å². The molecule has 0 atom stereocenters. The summed E-state index contributed by atoms with van der Waals surface area (Å²) in [6.45, 7) is 4.29. The lowest BCUT2D eigenvalue weighted by Gasteiger charge is -2.42. The van der Waals surface area contributed by atoms with Gasteiger partial charge in [0, 0.05) is 17.5 Å². The highest BCUT2D eigenvalue weighted by Crippen LogP contribution is 2.26. The van der Waals surface area contributed by atoms with Crippen molar-refractivity contribution in [1.82, 2.24) is 10.2 Å². The summed E-state index contributed by atoms with van der Waals surface area (Å²) in [4.78, 5) is 37.6. The van der Waals surface area contributed by atoms with Gasteiger partial charge in [0.2, 0.25) is 0 Å². The molecule has 26 heavy (non-hydrogen) atoms. The quantitative estimate of drug-likeness (QED) is 0.764. The van der Waals surface area contributed by atoms with Crippen molar-refractivity contribution in [1.29, 1.82) is 0 Å². The molecule has 7 nitrogen and oxygen atoms in total. The molecule has 1 amide bonds. The predicted molar refractivity (Wildman–Crippen MR) is 96.4 cm³/mol. The number of nitrogens with one attached hydrogen (secondary N) is 1. The Bertz CT molecular complexity index is 898. The van der Waals surface area contributed by atoms with Crippen LogP contribution in [0.25, 0.3) is 11.0 Å². The molecule has 1 aromatic carbocycles. The number of likely N-dealkylation sites (N-methyl/N-ethyl adjacent to an activating group) is 1. The number of carbonyl (C=O) groups excluding carboxylic acids is 1. The highest BCUT2D eigenvalue weighted by atomic mass is 16.4. The molecule has 3 rings (SSSR count). The summed E-state index contributed by atoms with van der Waals surface area (Å²) in [6, 6.07) is 7.18. The lowest BCUT2D eigenvalue weighted by atomic mass is 9.85. The fraction of sp³-hybridized carbons (Fsp3) is 0.421. The molecule has 1 aliphatic rings. The predicted octanol–water partition coefficient (Wildman–Crippen LogP) is 1.77. The van der Waals surface area contributed by atoms with Gasteiger partial charge in [-0.05, 0) is 37.9 Å². The first-order valence-corrected chi connectivity index (χ1v) is 8.69. The zero-order valence-corrected chi connectivity index (χ0v) is 14.8. The van der Waals surface area contributed by atoms with E-state index < -0.39 is 17.5 Å². The van der Waals surface area contributed by atoms with Crippen LogP contribution < -0.4 is 10.9 Å². The lowest BCUT2D eigenvalue weighted by Crippen LogP contribution is -2.55. The Morgan fingerprint density at radius 3 is 2.65 bits per heavy atom. The average molecular weight is 358 g/mol. The van der Waals surface area contributed by atoms with Gasteiger partial charge in [-0.25, -0.2) is 4.79 Å². The first-order valence-electron chi connectivity index (χ1n) is 8.69. The molecule has 1 aromatic heterocycles. The first kappa shape index (κ1) is 18.1. The van der Waals surface area contributed by atoms with Gasteiger partial charge in [-0.15, -0.1) is 0 Å². The zero-order valence-electron chi connectivity index (χ0n) is 14.8. The summed E-state index contributed by atoms with van der Waals surface area (Å²) in [5.41, 5.74) is 0.453. The van der Waals surface area contributed by atoms with E-state index in [2.05, 4.69) is 5.32 Å². The van der Waals surface area contributed by atoms with Gasteiger partial charge in [-0.2, -0.15) is 0 Å². The van der Waals surface area contributed by atoms with Crippen molar-refractivity contribution in [3.05, 3.63) is 45.8 Å². The van der Waals surface area contributed by atoms with Gasteiger partial charge < -0.3 is 14.8 Å². The molecule has 0 saturated heterocycles. The second-order valence-corrected chi connectivity index (χ2v) is 6.64. The van der Waals surface area contributed by atoms with Gasteiger partial charge in [-0.1, -0.05) is 25.1 Å². The molecule has 7 heteroatoms. The van der Waals surface area contributed by atoms with E-state index in [1.165, 1.54) is 0 Å². The molecule has 0 unspecified atom stereocenters. The topological polar surface area (TPSA) is 99.9 Å². The highest BCUT2D eigenvalue weighted by Gasteiger charge is 2.35. The van der Waals surface area contributed by atoms with Crippen molar-refractivity contribution >= 4 is 22.8 Å². The number of aliphatic carboxylic acids is 1. The molecule has 1 heterocycles. The van der Waals surface area contributed by atoms with Crippen LogP contribution in [0.2, 0.25) is 0 Å². The fourth-order valence-corrected chi connectivity index (χ4v) is 3.50. The van der Waals surface area contributed by atoms with E-state index in [9.17, 15) is 14.4 Å². The molecule has 0 aliphatic heterocycles. The van der Waals surface area contributed by atoms with Crippen molar-refractivity contribution in [2.24, 2.45) is 0 Å². The standard InChI is InChI=1S/C19H22N2O5/c1-3-21(10-16(22)23)13-8-12(9-13)20-18(24)17-11(2)14-6-4-5-7-15(14)26-19(17)25/h4-7,12-13H,3,8-10H2,1-2H3,(H,20,24)(H,22,23). The Labute approximate surface area is 150 Å². The Hall–Kier alpha value is -2.67. The molecule has 2 N–H and O–H groups in total. The summed E-state index contributed by atoms with van der Waals surface area (Å²) < 4.78 is 5.26. The number of carboxylic acids is 1. The maximum Gasteiger partial charge on any atom is 0.349 e. The summed E-state index contributed by atoms with van der Waals surface area (Å²) in [5, 5.41) is 12.5. The van der Waals surface area contributed by atoms with E-state index in [0.29, 0.717) is 30.5 Å². The number of aryl methyl sites for hydroxylation is 1. The average Bonchev–Trinajstić information content (AvgIpc) is 2.55. The van der Waals surface area contributed by atoms with E-state index >= 15 is 0 Å². The summed E-state index contributed by atoms with van der Waals surface area (Å²) in [5.74, 6) is -1.30. The third kappa shape index (κ3) is 3.48. The monoisotopic (exact) mass is 358 g/mol. The van der Waals surface area contributed by atoms with Crippen molar-refractivity contribution in [2.45, 2.75) is 38.8 Å². The van der Waals surface area contributed by atoms with E-state index in [0.717, 1.165) is 5.39 Å². The lowest BCUT2D eigenvalue weighted by molar-refractivity contribution is -0.139. The van der Waals surface area contributed by atoms with Crippen LogP contribution in [0.4, 0.5) is 0 Å². The molecule has 1 aliphatic carbocycles. The minimum Gasteiger partial charge on any atom is -0.480 e. The summed E-state index contributed by atoms with van der Waals surface area (Å²) >= 11 is 0. The molecule has 0 radical (unpaired) electrons. The Balaban J connectivity index is 1.70. The Kier molecular flexibility index (Phi) is 5.08. The summed E-state index contributed by atoms with van der Waals surface area (Å²) in [7, 11) is 0. The van der Waals surface area contributed by atoms with Crippen LogP contribution in [0.1, 0.15) is 35.7 Å². The van der Waals surface area contributed by atoms with Crippen LogP contribution >= 0.6 is 0 Å². The SMILES string of the molecule is CCN(CC(=O)O)C1CC(NC(=O)c2c(C)c3ccccc3oc2=O)C1. The smallest absolute Gasteiger partial charge is 0.349 e. The number of amides is 1. The zero-order chi connectivity index (χ0) is 18.8. The summed E-state index contributed by atoms with van der Waals surface area (Å²) in [6.07, 6.45) is 1.34. The largest absolute Gasteiger partial charge is 0.480 e. The van der Waals surface area contributed by atoms with Crippen LogP contribution in [-0.4, -0.2) is 47.1 Å². The second kappa shape index (κ2) is 7.29. The van der Waals surface area contributed by atoms with Gasteiger partial charge >= 0.3 is 11.6 Å². The number of carbonyl (C=O) groups is 2. The second-order valence-electron chi connectivity index (χ2n) is 6.64. The van der Waals surface area contributed by atoms with Gasteiger partial charge in [0.05, 0.1) is 6.54 Å². The van der Waals surface area contributed by atoms with Crippen molar-refractivity contribution in [3.8, 4) is 0 Å². The molecule has 138 valence electrons. The number of fused-ring (bicyclic) bond motifs is 1. The number of benzene rings is 1. The number of para-hydroxylation sites is 1. The molecule has 0 spiro atoms. The van der Waals surface area contributed by atoms with E-state index in [-0.39, 0.29) is 24.2 Å². The fourth-order valence-electron chi connectivity index (χ4n) is 3.50. The third-order valence-electron chi connectivity index (χ3n) is 5.01. The number of hydrogen-bond donors (Lipinski definition) is 2. The normalized spacial score (nSPS) is 19.3. The molecule has 1 fully saturated rings. The van der Waals surface area contributed by atoms with Crippen molar-refractivity contribution in [2.75, 3.05) is 13.1 Å². The third-order valence-corrected chi connectivity index (χ3v) is 5.01. The molecular formula is C19H22N2O5. The van der Waals surface area contributed by atoms with Crippen LogP contribution in [0.15, 0.2) is 33.5 Å². The van der Waals surface area contributed by atoms with E-state index in [4.69, 9.17) is 9.52 Å². The van der Waals surface area contributed by atoms with Gasteiger partial charge in [0.1, 0.15) is 11.1 Å². The van der Waals surface area contributed by atoms with Gasteiger partial charge in [-0.3, -0.25) is 14.5 Å². The van der Waals surface area contributed by atoms with Gasteiger partial charge in [0.15, 0.2) is 0 Å². The van der Waals surface area contributed by atoms with Gasteiger partial charge in [0.25, 0.3) is 5.91 Å². The highest BCUT2D eigenvalue weighted by molar-refractivity contribution is 5.99. The molecule has 0 bridgehead atoms. The van der Waals surface area contributed by atoms with Crippen LogP contribution in [0.5, 0.6) is 0 Å². The minimum atomic E-state index is -0.858. The number of rotatable bonds is 6. The Morgan fingerprint density at radius 1 is 1.31 bits per heavy atom. The minimum absolute atomic E-state index is 0.00476. The maximum absolute atomic E-state index is 12.6. The first-order chi connectivity index (χ1) is 12.4. The number of nitrogens with zero attached hydrogens (tertiary/aromatic N) is 1. The molecule has 2 aromatic rings. The van der Waals surface area contributed by atoms with Crippen molar-refractivity contribution in [3.63, 3.8) is 0 Å². The van der Waals surface area contributed by atoms with Crippen LogP contribution in [0, 0.1) is 6.92 Å². The van der Waals surface area contributed by atoms with E-state index in [1.807, 2.05) is 24.0 Å². The van der Waals surface area contributed by atoms with Crippen LogP contribution in [-0.2, 0) is 4.79 Å². The number of hydrogen-bond acceptors (Lipinski definition) is 5. The van der Waals surface area contributed by atoms with E-state index in [1.54, 1.807) is 19.1 Å². The Morgan fingerprint density at radius 2 is 2.00 bits per heavy atom. The number of carboxylic acid groups (broad SMARTS) is 1. The van der Waals surface area contributed by atoms with Crippen LogP contribution in [0.3, 0.4) is 0 Å². The molecular weight excluding hydrogens is 336 g/mol. The molecule has 1 saturated carbocycles.